The van der Waals surface area contributed by atoms with Gasteiger partial charge in [-0.05, 0) is 48.9 Å². The Bertz CT molecular complexity index is 1250. The highest BCUT2D eigenvalue weighted by Gasteiger charge is 2.22. The molecular formula is C22H21N3O6S. The number of para-hydroxylation sites is 1. The molecule has 10 heteroatoms. The monoisotopic (exact) mass is 455 g/mol. The molecule has 0 unspecified atom stereocenters. The summed E-state index contributed by atoms with van der Waals surface area (Å²) in [5, 5.41) is 13.7. The van der Waals surface area contributed by atoms with Gasteiger partial charge in [0.05, 0.1) is 15.5 Å². The summed E-state index contributed by atoms with van der Waals surface area (Å²) in [6.07, 6.45) is 0. The van der Waals surface area contributed by atoms with Gasteiger partial charge in [0.25, 0.3) is 15.9 Å². The molecule has 0 heterocycles. The number of sulfonamides is 1. The van der Waals surface area contributed by atoms with Crippen molar-refractivity contribution in [1.82, 2.24) is 0 Å². The van der Waals surface area contributed by atoms with Crippen LogP contribution in [0, 0.1) is 17.0 Å². The van der Waals surface area contributed by atoms with Crippen LogP contribution in [0.25, 0.3) is 0 Å². The van der Waals surface area contributed by atoms with Crippen molar-refractivity contribution >= 4 is 33.0 Å². The van der Waals surface area contributed by atoms with E-state index in [0.29, 0.717) is 5.69 Å². The van der Waals surface area contributed by atoms with Crippen LogP contribution in [0.1, 0.15) is 5.56 Å². The van der Waals surface area contributed by atoms with Gasteiger partial charge in [-0.3, -0.25) is 19.2 Å². The molecule has 0 atom stereocenters. The Hall–Kier alpha value is -3.92. The fraction of sp³-hybridized carbons (Fsp3) is 0.136. The molecule has 0 saturated heterocycles. The molecule has 0 aromatic heterocycles. The van der Waals surface area contributed by atoms with Crippen molar-refractivity contribution in [3.63, 3.8) is 0 Å². The molecule has 0 aliphatic rings. The lowest BCUT2D eigenvalue weighted by molar-refractivity contribution is -0.385. The lowest BCUT2D eigenvalue weighted by atomic mass is 10.2. The Morgan fingerprint density at radius 2 is 1.78 bits per heavy atom. The summed E-state index contributed by atoms with van der Waals surface area (Å²) in [7, 11) is -2.41. The number of nitro benzene ring substituents is 1. The molecular weight excluding hydrogens is 434 g/mol. The summed E-state index contributed by atoms with van der Waals surface area (Å²) >= 11 is 0. The number of ether oxygens (including phenoxy) is 1. The molecule has 0 radical (unpaired) electrons. The summed E-state index contributed by atoms with van der Waals surface area (Å²) in [6.45, 7) is 1.26. The topological polar surface area (TPSA) is 119 Å². The third-order valence-electron chi connectivity index (χ3n) is 4.57. The zero-order valence-corrected chi connectivity index (χ0v) is 18.2. The number of rotatable bonds is 8. The van der Waals surface area contributed by atoms with Crippen LogP contribution in [0.15, 0.2) is 77.7 Å². The molecule has 1 N–H and O–H groups in total. The molecule has 0 fully saturated rings. The van der Waals surface area contributed by atoms with Crippen molar-refractivity contribution in [3.05, 3.63) is 88.5 Å². The first-order valence-electron chi connectivity index (χ1n) is 9.50. The number of hydrogen-bond donors (Lipinski definition) is 1. The largest absolute Gasteiger partial charge is 0.477 e. The van der Waals surface area contributed by atoms with Gasteiger partial charge >= 0.3 is 5.69 Å². The molecule has 166 valence electrons. The maximum atomic E-state index is 12.9. The van der Waals surface area contributed by atoms with Crippen molar-refractivity contribution in [2.75, 3.05) is 23.3 Å². The van der Waals surface area contributed by atoms with E-state index < -0.39 is 27.5 Å². The van der Waals surface area contributed by atoms with Gasteiger partial charge in [0.2, 0.25) is 0 Å². The van der Waals surface area contributed by atoms with E-state index in [4.69, 9.17) is 4.74 Å². The van der Waals surface area contributed by atoms with Gasteiger partial charge < -0.3 is 10.1 Å². The molecule has 0 saturated carbocycles. The molecule has 0 bridgehead atoms. The Kier molecular flexibility index (Phi) is 6.74. The Morgan fingerprint density at radius 1 is 1.06 bits per heavy atom. The highest BCUT2D eigenvalue weighted by Crippen LogP contribution is 2.28. The van der Waals surface area contributed by atoms with E-state index in [1.807, 2.05) is 0 Å². The number of benzene rings is 3. The highest BCUT2D eigenvalue weighted by molar-refractivity contribution is 7.92. The molecule has 3 rings (SSSR count). The van der Waals surface area contributed by atoms with E-state index in [-0.39, 0.29) is 22.0 Å². The minimum Gasteiger partial charge on any atom is -0.477 e. The normalized spacial score (nSPS) is 10.9. The van der Waals surface area contributed by atoms with Crippen molar-refractivity contribution < 1.29 is 22.9 Å². The van der Waals surface area contributed by atoms with Gasteiger partial charge in [-0.2, -0.15) is 0 Å². The predicted octanol–water partition coefficient (Wildman–Crippen LogP) is 3.75. The number of amides is 1. The second-order valence-electron chi connectivity index (χ2n) is 6.90. The average Bonchev–Trinajstić information content (AvgIpc) is 2.77. The SMILES string of the molecule is Cc1ccc([N+](=O)[O-])c(OCC(=O)Nc2cccc(S(=O)(=O)N(C)c3ccccc3)c2)c1. The first-order valence-corrected chi connectivity index (χ1v) is 10.9. The Labute approximate surface area is 185 Å². The molecule has 1 amide bonds. The minimum atomic E-state index is -3.85. The number of nitro groups is 1. The average molecular weight is 455 g/mol. The first-order chi connectivity index (χ1) is 15.2. The third-order valence-corrected chi connectivity index (χ3v) is 6.35. The summed E-state index contributed by atoms with van der Waals surface area (Å²) in [5.41, 5.74) is 1.24. The van der Waals surface area contributed by atoms with E-state index in [0.717, 1.165) is 9.87 Å². The molecule has 32 heavy (non-hydrogen) atoms. The van der Waals surface area contributed by atoms with Crippen LogP contribution in [0.5, 0.6) is 5.75 Å². The summed E-state index contributed by atoms with van der Waals surface area (Å²) in [5.74, 6) is -0.613. The lowest BCUT2D eigenvalue weighted by Gasteiger charge is -2.19. The van der Waals surface area contributed by atoms with Crippen LogP contribution in [-0.2, 0) is 14.8 Å². The first kappa shape index (κ1) is 22.8. The summed E-state index contributed by atoms with van der Waals surface area (Å²) in [6, 6.07) is 18.7. The van der Waals surface area contributed by atoms with E-state index in [9.17, 15) is 23.3 Å². The van der Waals surface area contributed by atoms with Gasteiger partial charge in [-0.15, -0.1) is 0 Å². The Morgan fingerprint density at radius 3 is 2.47 bits per heavy atom. The lowest BCUT2D eigenvalue weighted by Crippen LogP contribution is -2.26. The number of nitrogens with one attached hydrogen (secondary N) is 1. The van der Waals surface area contributed by atoms with Crippen LogP contribution in [0.4, 0.5) is 17.1 Å². The fourth-order valence-corrected chi connectivity index (χ4v) is 4.14. The highest BCUT2D eigenvalue weighted by atomic mass is 32.2. The fourth-order valence-electron chi connectivity index (χ4n) is 2.90. The maximum Gasteiger partial charge on any atom is 0.310 e. The molecule has 9 nitrogen and oxygen atoms in total. The van der Waals surface area contributed by atoms with Crippen molar-refractivity contribution in [2.24, 2.45) is 0 Å². The minimum absolute atomic E-state index is 0.00288. The molecule has 0 spiro atoms. The van der Waals surface area contributed by atoms with E-state index in [2.05, 4.69) is 5.32 Å². The number of nitrogens with zero attached hydrogens (tertiary/aromatic N) is 2. The van der Waals surface area contributed by atoms with E-state index in [1.54, 1.807) is 43.3 Å². The molecule has 0 aliphatic carbocycles. The quantitative estimate of drug-likeness (QED) is 0.408. The zero-order chi connectivity index (χ0) is 23.3. The molecule has 3 aromatic rings. The van der Waals surface area contributed by atoms with Crippen LogP contribution in [0.2, 0.25) is 0 Å². The number of carbonyl (C=O) groups is 1. The third kappa shape index (κ3) is 5.22. The van der Waals surface area contributed by atoms with Gasteiger partial charge in [-0.1, -0.05) is 30.3 Å². The smallest absolute Gasteiger partial charge is 0.310 e. The van der Waals surface area contributed by atoms with Crippen LogP contribution < -0.4 is 14.4 Å². The van der Waals surface area contributed by atoms with Crippen molar-refractivity contribution in [3.8, 4) is 5.75 Å². The molecule has 3 aromatic carbocycles. The van der Waals surface area contributed by atoms with Crippen LogP contribution in [-0.4, -0.2) is 32.9 Å². The summed E-state index contributed by atoms with van der Waals surface area (Å²) in [4.78, 5) is 22.8. The van der Waals surface area contributed by atoms with Gasteiger partial charge in [0.15, 0.2) is 12.4 Å². The molecule has 0 aliphatic heterocycles. The standard InChI is InChI=1S/C22H21N3O6S/c1-16-11-12-20(25(27)28)21(13-16)31-15-22(26)23-17-7-6-10-19(14-17)32(29,30)24(2)18-8-4-3-5-9-18/h3-14H,15H2,1-2H3,(H,23,26). The van der Waals surface area contributed by atoms with Crippen molar-refractivity contribution in [2.45, 2.75) is 11.8 Å². The van der Waals surface area contributed by atoms with Crippen LogP contribution in [0.3, 0.4) is 0 Å². The van der Waals surface area contributed by atoms with E-state index >= 15 is 0 Å². The van der Waals surface area contributed by atoms with Crippen molar-refractivity contribution in [1.29, 1.82) is 0 Å². The maximum absolute atomic E-state index is 12.9. The zero-order valence-electron chi connectivity index (χ0n) is 17.4. The van der Waals surface area contributed by atoms with Gasteiger partial charge in [0.1, 0.15) is 0 Å². The van der Waals surface area contributed by atoms with Crippen LogP contribution >= 0.6 is 0 Å². The number of aryl methyl sites for hydroxylation is 1. The number of carbonyl (C=O) groups excluding carboxylic acids is 1. The van der Waals surface area contributed by atoms with Gasteiger partial charge in [-0.25, -0.2) is 8.42 Å². The number of hydrogen-bond acceptors (Lipinski definition) is 6. The summed E-state index contributed by atoms with van der Waals surface area (Å²) < 4.78 is 32.4. The second-order valence-corrected chi connectivity index (χ2v) is 8.87. The second kappa shape index (κ2) is 9.48. The Balaban J connectivity index is 1.72. The number of anilines is 2. The predicted molar refractivity (Wildman–Crippen MR) is 120 cm³/mol. The van der Waals surface area contributed by atoms with Gasteiger partial charge in [0, 0.05) is 18.8 Å². The van der Waals surface area contributed by atoms with E-state index in [1.165, 1.54) is 43.4 Å².